The monoisotopic (exact) mass is 439 g/mol. The van der Waals surface area contributed by atoms with Crippen LogP contribution in [0.25, 0.3) is 0 Å². The fraction of sp³-hybridized carbons (Fsp3) is 0.440. The number of halogens is 1. The normalized spacial score (nSPS) is 21.5. The van der Waals surface area contributed by atoms with Crippen LogP contribution in [-0.2, 0) is 21.7 Å². The van der Waals surface area contributed by atoms with Crippen molar-refractivity contribution in [2.75, 3.05) is 13.1 Å². The zero-order valence-corrected chi connectivity index (χ0v) is 18.1. The first-order valence-electron chi connectivity index (χ1n) is 11.2. The number of rotatable bonds is 6. The summed E-state index contributed by atoms with van der Waals surface area (Å²) < 4.78 is 18.9. The van der Waals surface area contributed by atoms with Crippen LogP contribution in [-0.4, -0.2) is 41.1 Å². The maximum absolute atomic E-state index is 13.2. The summed E-state index contributed by atoms with van der Waals surface area (Å²) in [6.45, 7) is 1.40. The number of benzene rings is 2. The van der Waals surface area contributed by atoms with E-state index < -0.39 is 11.6 Å². The summed E-state index contributed by atoms with van der Waals surface area (Å²) in [6.07, 6.45) is 3.88. The second-order valence-corrected chi connectivity index (χ2v) is 8.68. The summed E-state index contributed by atoms with van der Waals surface area (Å²) in [7, 11) is 0. The lowest BCUT2D eigenvalue weighted by atomic mass is 9.80. The number of carbonyl (C=O) groups excluding carboxylic acids is 1. The molecule has 2 aromatic rings. The average Bonchev–Trinajstić information content (AvgIpc) is 3.51. The molecule has 2 aromatic carbocycles. The minimum atomic E-state index is -1.63. The van der Waals surface area contributed by atoms with E-state index in [0.717, 1.165) is 31.2 Å². The molecule has 32 heavy (non-hydrogen) atoms. The molecule has 1 saturated heterocycles. The first-order chi connectivity index (χ1) is 15.5. The summed E-state index contributed by atoms with van der Waals surface area (Å²) in [5, 5.41) is 11.6. The fourth-order valence-electron chi connectivity index (χ4n) is 4.69. The third-order valence-electron chi connectivity index (χ3n) is 6.55. The topological polar surface area (TPSA) is 88.1 Å². The van der Waals surface area contributed by atoms with Crippen LogP contribution >= 0.6 is 0 Å². The van der Waals surface area contributed by atoms with Crippen LogP contribution in [0.1, 0.15) is 43.2 Å². The lowest BCUT2D eigenvalue weighted by molar-refractivity contribution is -0.178. The van der Waals surface area contributed by atoms with Crippen LogP contribution in [0, 0.1) is 11.7 Å². The molecule has 1 aliphatic carbocycles. The van der Waals surface area contributed by atoms with Crippen molar-refractivity contribution >= 4 is 11.9 Å². The molecule has 7 heteroatoms. The largest absolute Gasteiger partial charge is 0.458 e. The van der Waals surface area contributed by atoms with Crippen molar-refractivity contribution < 1.29 is 19.0 Å². The highest BCUT2D eigenvalue weighted by Crippen LogP contribution is 2.41. The van der Waals surface area contributed by atoms with Gasteiger partial charge in [0.25, 0.3) is 0 Å². The average molecular weight is 440 g/mol. The third-order valence-corrected chi connectivity index (χ3v) is 6.55. The number of nitrogens with zero attached hydrogens (tertiary/aromatic N) is 2. The smallest absolute Gasteiger partial charge is 0.343 e. The van der Waals surface area contributed by atoms with Gasteiger partial charge in [0.2, 0.25) is 0 Å². The Labute approximate surface area is 187 Å². The molecule has 1 aliphatic heterocycles. The van der Waals surface area contributed by atoms with E-state index in [2.05, 4.69) is 4.99 Å². The van der Waals surface area contributed by atoms with Gasteiger partial charge in [-0.25, -0.2) is 14.2 Å². The number of hydrogen-bond acceptors (Lipinski definition) is 4. The minimum Gasteiger partial charge on any atom is -0.458 e. The van der Waals surface area contributed by atoms with Crippen LogP contribution in [0.3, 0.4) is 0 Å². The van der Waals surface area contributed by atoms with Crippen molar-refractivity contribution in [3.8, 4) is 0 Å². The van der Waals surface area contributed by atoms with Gasteiger partial charge in [-0.3, -0.25) is 0 Å². The number of aliphatic imine (C=N–C) groups is 1. The summed E-state index contributed by atoms with van der Waals surface area (Å²) in [5.41, 5.74) is 5.96. The van der Waals surface area contributed by atoms with Crippen LogP contribution in [0.2, 0.25) is 0 Å². The van der Waals surface area contributed by atoms with E-state index in [9.17, 15) is 14.3 Å². The Morgan fingerprint density at radius 3 is 2.50 bits per heavy atom. The highest BCUT2D eigenvalue weighted by molar-refractivity contribution is 5.82. The number of esters is 1. The maximum Gasteiger partial charge on any atom is 0.343 e. The van der Waals surface area contributed by atoms with E-state index in [1.807, 2.05) is 23.1 Å². The molecule has 2 fully saturated rings. The van der Waals surface area contributed by atoms with E-state index in [1.54, 1.807) is 24.3 Å². The lowest BCUT2D eigenvalue weighted by Crippen LogP contribution is -2.45. The molecule has 0 amide bonds. The second-order valence-electron chi connectivity index (χ2n) is 8.68. The van der Waals surface area contributed by atoms with E-state index in [1.165, 1.54) is 12.1 Å². The fourth-order valence-corrected chi connectivity index (χ4v) is 4.69. The summed E-state index contributed by atoms with van der Waals surface area (Å²) in [4.78, 5) is 19.5. The van der Waals surface area contributed by atoms with Crippen LogP contribution in [0.4, 0.5) is 4.39 Å². The molecule has 2 aliphatic rings. The van der Waals surface area contributed by atoms with Gasteiger partial charge >= 0.3 is 5.97 Å². The van der Waals surface area contributed by atoms with Gasteiger partial charge in [0.15, 0.2) is 11.6 Å². The van der Waals surface area contributed by atoms with E-state index in [4.69, 9.17) is 10.5 Å². The van der Waals surface area contributed by atoms with Crippen molar-refractivity contribution in [1.29, 1.82) is 0 Å². The number of nitrogens with two attached hydrogens (primary N) is 1. The quantitative estimate of drug-likeness (QED) is 0.410. The predicted octanol–water partition coefficient (Wildman–Crippen LogP) is 3.34. The molecular weight excluding hydrogens is 409 g/mol. The maximum atomic E-state index is 13.2. The van der Waals surface area contributed by atoms with Gasteiger partial charge in [0.05, 0.1) is 13.1 Å². The summed E-state index contributed by atoms with van der Waals surface area (Å²) in [5.74, 6) is -0.647. The zero-order chi connectivity index (χ0) is 22.6. The number of aliphatic hydroxyl groups is 1. The predicted molar refractivity (Wildman–Crippen MR) is 120 cm³/mol. The van der Waals surface area contributed by atoms with Gasteiger partial charge in [-0.2, -0.15) is 0 Å². The van der Waals surface area contributed by atoms with Crippen LogP contribution < -0.4 is 5.73 Å². The van der Waals surface area contributed by atoms with Crippen molar-refractivity contribution in [1.82, 2.24) is 4.90 Å². The molecule has 0 aromatic heterocycles. The van der Waals surface area contributed by atoms with Crippen LogP contribution in [0.15, 0.2) is 59.6 Å². The standard InChI is InChI=1S/C25H30FN3O3/c26-21-12-10-18(11-13-21)16-28-24(27)29-15-14-22(17-29)32-23(30)25(31,20-8-4-5-9-20)19-6-2-1-3-7-19/h1-3,6-7,10-13,20,22,31H,4-5,8-9,14-17H2,(H2,27,28)/t22?,25-/m0/s1. The Hall–Kier alpha value is -2.93. The third kappa shape index (κ3) is 4.78. The zero-order valence-electron chi connectivity index (χ0n) is 18.1. The molecular formula is C25H30FN3O3. The van der Waals surface area contributed by atoms with Gasteiger partial charge in [-0.05, 0) is 36.1 Å². The molecule has 1 unspecified atom stereocenters. The number of carbonyl (C=O) groups is 1. The van der Waals surface area contributed by atoms with E-state index in [0.29, 0.717) is 37.6 Å². The van der Waals surface area contributed by atoms with Gasteiger partial charge in [0, 0.05) is 18.9 Å². The first-order valence-corrected chi connectivity index (χ1v) is 11.2. The molecule has 6 nitrogen and oxygen atoms in total. The molecule has 3 N–H and O–H groups in total. The highest BCUT2D eigenvalue weighted by Gasteiger charge is 2.48. The Morgan fingerprint density at radius 1 is 1.12 bits per heavy atom. The molecule has 170 valence electrons. The van der Waals surface area contributed by atoms with E-state index >= 15 is 0 Å². The lowest BCUT2D eigenvalue weighted by Gasteiger charge is -2.33. The molecule has 2 atom stereocenters. The van der Waals surface area contributed by atoms with Gasteiger partial charge in [-0.1, -0.05) is 55.3 Å². The highest BCUT2D eigenvalue weighted by atomic mass is 19.1. The Morgan fingerprint density at radius 2 is 1.81 bits per heavy atom. The number of hydrogen-bond donors (Lipinski definition) is 2. The SMILES string of the molecule is NC(=NCc1ccc(F)cc1)N1CCC(OC(=O)[C@](O)(c2ccccc2)C2CCCC2)C1. The van der Waals surface area contributed by atoms with Gasteiger partial charge in [-0.15, -0.1) is 0 Å². The van der Waals surface area contributed by atoms with Crippen molar-refractivity contribution in [2.24, 2.45) is 16.6 Å². The number of guanidine groups is 1. The van der Waals surface area contributed by atoms with Gasteiger partial charge < -0.3 is 20.5 Å². The molecule has 0 radical (unpaired) electrons. The van der Waals surface area contributed by atoms with Crippen molar-refractivity contribution in [2.45, 2.75) is 50.4 Å². The summed E-state index contributed by atoms with van der Waals surface area (Å²) in [6, 6.07) is 15.3. The molecule has 4 rings (SSSR count). The molecule has 0 bridgehead atoms. The van der Waals surface area contributed by atoms with Crippen molar-refractivity contribution in [3.05, 3.63) is 71.5 Å². The number of likely N-dealkylation sites (tertiary alicyclic amines) is 1. The Balaban J connectivity index is 1.39. The second kappa shape index (κ2) is 9.69. The Bertz CT molecular complexity index is 945. The molecule has 1 heterocycles. The minimum absolute atomic E-state index is 0.141. The van der Waals surface area contributed by atoms with Gasteiger partial charge in [0.1, 0.15) is 11.9 Å². The molecule has 0 spiro atoms. The van der Waals surface area contributed by atoms with E-state index in [-0.39, 0.29) is 17.8 Å². The van der Waals surface area contributed by atoms with Crippen LogP contribution in [0.5, 0.6) is 0 Å². The molecule has 1 saturated carbocycles. The van der Waals surface area contributed by atoms with Crippen molar-refractivity contribution in [3.63, 3.8) is 0 Å². The first kappa shape index (κ1) is 22.3. The Kier molecular flexibility index (Phi) is 6.74. The summed E-state index contributed by atoms with van der Waals surface area (Å²) >= 11 is 0. The number of ether oxygens (including phenoxy) is 1.